The molecule has 0 aliphatic heterocycles. The van der Waals surface area contributed by atoms with Crippen molar-refractivity contribution in [2.45, 2.75) is 26.7 Å². The highest BCUT2D eigenvalue weighted by molar-refractivity contribution is 5.13. The van der Waals surface area contributed by atoms with Crippen LogP contribution in [-0.2, 0) is 0 Å². The summed E-state index contributed by atoms with van der Waals surface area (Å²) in [6.07, 6.45) is 8.07. The number of rotatable bonds is 8. The minimum absolute atomic E-state index is 0.603. The van der Waals surface area contributed by atoms with Crippen molar-refractivity contribution in [3.05, 3.63) is 49.2 Å². The molecule has 0 spiro atoms. The molecule has 0 aromatic carbocycles. The molecule has 0 unspecified atom stereocenters. The third-order valence-electron chi connectivity index (χ3n) is 2.76. The SMILES string of the molecule is C=C/C=C(\CCCN(C)C(=C)C=C)C(C)C. The van der Waals surface area contributed by atoms with Crippen molar-refractivity contribution >= 4 is 0 Å². The van der Waals surface area contributed by atoms with Crippen LogP contribution in [0.3, 0.4) is 0 Å². The van der Waals surface area contributed by atoms with Gasteiger partial charge in [0, 0.05) is 19.3 Å². The van der Waals surface area contributed by atoms with Crippen LogP contribution in [0, 0.1) is 5.92 Å². The smallest absolute Gasteiger partial charge is 0.0284 e. The fourth-order valence-electron chi connectivity index (χ4n) is 1.54. The Morgan fingerprint density at radius 3 is 2.38 bits per heavy atom. The van der Waals surface area contributed by atoms with E-state index in [2.05, 4.69) is 51.6 Å². The van der Waals surface area contributed by atoms with E-state index in [0.29, 0.717) is 5.92 Å². The molecule has 0 aromatic heterocycles. The van der Waals surface area contributed by atoms with Crippen LogP contribution in [0.15, 0.2) is 49.2 Å². The molecule has 0 amide bonds. The molecule has 90 valence electrons. The highest BCUT2D eigenvalue weighted by atomic mass is 15.1. The first kappa shape index (κ1) is 14.8. The fourth-order valence-corrected chi connectivity index (χ4v) is 1.54. The summed E-state index contributed by atoms with van der Waals surface area (Å²) >= 11 is 0. The normalized spacial score (nSPS) is 11.4. The molecule has 0 heterocycles. The molecule has 0 saturated carbocycles. The maximum atomic E-state index is 3.92. The average Bonchev–Trinajstić information content (AvgIpc) is 2.26. The van der Waals surface area contributed by atoms with Gasteiger partial charge in [0.15, 0.2) is 0 Å². The van der Waals surface area contributed by atoms with Crippen LogP contribution < -0.4 is 0 Å². The molecule has 0 aromatic rings. The van der Waals surface area contributed by atoms with E-state index in [4.69, 9.17) is 0 Å². The third kappa shape index (κ3) is 5.59. The molecule has 0 aliphatic rings. The van der Waals surface area contributed by atoms with Crippen LogP contribution in [0.2, 0.25) is 0 Å². The first-order chi connectivity index (χ1) is 7.52. The minimum Gasteiger partial charge on any atom is -0.375 e. The van der Waals surface area contributed by atoms with Crippen LogP contribution in [0.25, 0.3) is 0 Å². The van der Waals surface area contributed by atoms with E-state index in [1.54, 1.807) is 6.08 Å². The van der Waals surface area contributed by atoms with Crippen molar-refractivity contribution in [2.75, 3.05) is 13.6 Å². The fraction of sp³-hybridized carbons (Fsp3) is 0.467. The van der Waals surface area contributed by atoms with Crippen LogP contribution in [0.1, 0.15) is 26.7 Å². The van der Waals surface area contributed by atoms with Crippen molar-refractivity contribution in [1.82, 2.24) is 4.90 Å². The Hall–Kier alpha value is -1.24. The topological polar surface area (TPSA) is 3.24 Å². The summed E-state index contributed by atoms with van der Waals surface area (Å²) < 4.78 is 0. The number of nitrogens with zero attached hydrogens (tertiary/aromatic N) is 1. The molecule has 0 N–H and O–H groups in total. The Balaban J connectivity index is 4.05. The molecule has 0 rings (SSSR count). The second kappa shape index (κ2) is 7.98. The molecule has 0 bridgehead atoms. The van der Waals surface area contributed by atoms with Crippen molar-refractivity contribution in [2.24, 2.45) is 5.92 Å². The Bertz CT molecular complexity index is 271. The van der Waals surface area contributed by atoms with Crippen LogP contribution in [0.5, 0.6) is 0 Å². The van der Waals surface area contributed by atoms with Gasteiger partial charge in [0.1, 0.15) is 0 Å². The van der Waals surface area contributed by atoms with E-state index >= 15 is 0 Å². The molecule has 0 atom stereocenters. The number of hydrogen-bond acceptors (Lipinski definition) is 1. The van der Waals surface area contributed by atoms with Crippen molar-refractivity contribution in [3.8, 4) is 0 Å². The molecule has 0 fully saturated rings. The molecule has 1 heteroatoms. The van der Waals surface area contributed by atoms with Crippen molar-refractivity contribution in [3.63, 3.8) is 0 Å². The lowest BCUT2D eigenvalue weighted by molar-refractivity contribution is 0.419. The second-order valence-electron chi connectivity index (χ2n) is 4.35. The summed E-state index contributed by atoms with van der Waals surface area (Å²) in [5, 5.41) is 0. The van der Waals surface area contributed by atoms with Gasteiger partial charge < -0.3 is 4.90 Å². The van der Waals surface area contributed by atoms with Crippen LogP contribution in [0.4, 0.5) is 0 Å². The van der Waals surface area contributed by atoms with E-state index < -0.39 is 0 Å². The zero-order valence-electron chi connectivity index (χ0n) is 11.0. The van der Waals surface area contributed by atoms with Crippen LogP contribution >= 0.6 is 0 Å². The monoisotopic (exact) mass is 219 g/mol. The van der Waals surface area contributed by atoms with E-state index in [1.165, 1.54) is 5.57 Å². The number of hydrogen-bond donors (Lipinski definition) is 0. The lowest BCUT2D eigenvalue weighted by Crippen LogP contribution is -2.17. The predicted octanol–water partition coefficient (Wildman–Crippen LogP) is 4.17. The largest absolute Gasteiger partial charge is 0.375 e. The molecular weight excluding hydrogens is 194 g/mol. The quantitative estimate of drug-likeness (QED) is 0.554. The second-order valence-corrected chi connectivity index (χ2v) is 4.35. The van der Waals surface area contributed by atoms with Gasteiger partial charge in [-0.1, -0.05) is 51.3 Å². The molecule has 16 heavy (non-hydrogen) atoms. The first-order valence-corrected chi connectivity index (χ1v) is 5.86. The number of allylic oxidation sites excluding steroid dienone is 4. The zero-order valence-corrected chi connectivity index (χ0v) is 11.0. The van der Waals surface area contributed by atoms with E-state index in [0.717, 1.165) is 25.1 Å². The van der Waals surface area contributed by atoms with Gasteiger partial charge in [0.05, 0.1) is 0 Å². The molecule has 0 saturated heterocycles. The summed E-state index contributed by atoms with van der Waals surface area (Å²) in [5.74, 6) is 0.603. The lowest BCUT2D eigenvalue weighted by Gasteiger charge is -2.20. The van der Waals surface area contributed by atoms with Crippen molar-refractivity contribution < 1.29 is 0 Å². The van der Waals surface area contributed by atoms with Crippen molar-refractivity contribution in [1.29, 1.82) is 0 Å². The predicted molar refractivity (Wildman–Crippen MR) is 74.3 cm³/mol. The summed E-state index contributed by atoms with van der Waals surface area (Å²) in [6.45, 7) is 16.9. The first-order valence-electron chi connectivity index (χ1n) is 5.86. The maximum absolute atomic E-state index is 3.92. The summed E-state index contributed by atoms with van der Waals surface area (Å²) in [6, 6.07) is 0. The number of likely N-dealkylation sites (N-methyl/N-ethyl adjacent to an activating group) is 1. The Kier molecular flexibility index (Phi) is 7.36. The standard InChI is InChI=1S/C15H25N/c1-7-10-15(13(3)4)11-9-12-16(6)14(5)8-2/h7-8,10,13H,1-2,5,9,11-12H2,3-4,6H3/b15-10+. The summed E-state index contributed by atoms with van der Waals surface area (Å²) in [7, 11) is 2.05. The van der Waals surface area contributed by atoms with Gasteiger partial charge in [-0.05, 0) is 24.8 Å². The molecule has 1 nitrogen and oxygen atoms in total. The highest BCUT2D eigenvalue weighted by Gasteiger charge is 2.03. The molecule has 0 radical (unpaired) electrons. The summed E-state index contributed by atoms with van der Waals surface area (Å²) in [4.78, 5) is 2.14. The van der Waals surface area contributed by atoms with Gasteiger partial charge in [0.2, 0.25) is 0 Å². The minimum atomic E-state index is 0.603. The Labute approximate surface area is 101 Å². The Morgan fingerprint density at radius 1 is 1.31 bits per heavy atom. The molecular formula is C15H25N. The third-order valence-corrected chi connectivity index (χ3v) is 2.76. The van der Waals surface area contributed by atoms with Gasteiger partial charge in [-0.15, -0.1) is 0 Å². The summed E-state index contributed by atoms with van der Waals surface area (Å²) in [5.41, 5.74) is 2.45. The van der Waals surface area contributed by atoms with Gasteiger partial charge in [-0.3, -0.25) is 0 Å². The van der Waals surface area contributed by atoms with E-state index in [1.807, 2.05) is 6.08 Å². The maximum Gasteiger partial charge on any atom is 0.0284 e. The zero-order chi connectivity index (χ0) is 12.6. The van der Waals surface area contributed by atoms with E-state index in [-0.39, 0.29) is 0 Å². The van der Waals surface area contributed by atoms with E-state index in [9.17, 15) is 0 Å². The van der Waals surface area contributed by atoms with Gasteiger partial charge in [-0.2, -0.15) is 0 Å². The van der Waals surface area contributed by atoms with Gasteiger partial charge >= 0.3 is 0 Å². The Morgan fingerprint density at radius 2 is 1.94 bits per heavy atom. The van der Waals surface area contributed by atoms with Gasteiger partial charge in [-0.25, -0.2) is 0 Å². The molecule has 0 aliphatic carbocycles. The lowest BCUT2D eigenvalue weighted by atomic mass is 9.98. The van der Waals surface area contributed by atoms with Crippen LogP contribution in [-0.4, -0.2) is 18.5 Å². The highest BCUT2D eigenvalue weighted by Crippen LogP contribution is 2.16. The average molecular weight is 219 g/mol. The van der Waals surface area contributed by atoms with Gasteiger partial charge in [0.25, 0.3) is 0 Å².